The maximum Gasteiger partial charge on any atom is 0.165 e. The third-order valence-electron chi connectivity index (χ3n) is 2.62. The normalized spacial score (nSPS) is 10.5. The summed E-state index contributed by atoms with van der Waals surface area (Å²) in [5.74, 6) is 1.57. The maximum atomic E-state index is 5.68. The number of ether oxygens (including phenoxy) is 3. The molecule has 19 heavy (non-hydrogen) atoms. The van der Waals surface area contributed by atoms with E-state index in [1.54, 1.807) is 14.2 Å². The fourth-order valence-electron chi connectivity index (χ4n) is 1.78. The topological polar surface area (TPSA) is 39.7 Å². The molecule has 0 saturated carbocycles. The van der Waals surface area contributed by atoms with Crippen LogP contribution in [0.5, 0.6) is 11.5 Å². The van der Waals surface area contributed by atoms with E-state index in [1.807, 2.05) is 13.0 Å². The van der Waals surface area contributed by atoms with Crippen molar-refractivity contribution >= 4 is 15.9 Å². The van der Waals surface area contributed by atoms with Crippen molar-refractivity contribution in [1.29, 1.82) is 0 Å². The maximum absolute atomic E-state index is 5.68. The van der Waals surface area contributed by atoms with Gasteiger partial charge in [-0.1, -0.05) is 15.9 Å². The second-order valence-electron chi connectivity index (χ2n) is 4.05. The molecule has 4 nitrogen and oxygen atoms in total. The van der Waals surface area contributed by atoms with Crippen LogP contribution in [0.1, 0.15) is 18.9 Å². The van der Waals surface area contributed by atoms with E-state index in [1.165, 1.54) is 0 Å². The zero-order valence-corrected chi connectivity index (χ0v) is 13.4. The molecule has 0 amide bonds. The number of hydrogen-bond acceptors (Lipinski definition) is 4. The summed E-state index contributed by atoms with van der Waals surface area (Å²) in [5, 5.41) is 3.38. The van der Waals surface area contributed by atoms with Gasteiger partial charge in [-0.15, -0.1) is 0 Å². The fourth-order valence-corrected chi connectivity index (χ4v) is 2.26. The number of methoxy groups -OCH3 is 2. The van der Waals surface area contributed by atoms with Gasteiger partial charge in [0.25, 0.3) is 0 Å². The Hall–Kier alpha value is -0.780. The van der Waals surface area contributed by atoms with Crippen LogP contribution in [0.3, 0.4) is 0 Å². The lowest BCUT2D eigenvalue weighted by Crippen LogP contribution is -2.17. The summed E-state index contributed by atoms with van der Waals surface area (Å²) in [5.41, 5.74) is 1.09. The second kappa shape index (κ2) is 9.18. The van der Waals surface area contributed by atoms with E-state index in [2.05, 4.69) is 27.3 Å². The van der Waals surface area contributed by atoms with Crippen LogP contribution in [-0.4, -0.2) is 34.0 Å². The molecular weight excluding hydrogens is 310 g/mol. The van der Waals surface area contributed by atoms with Crippen molar-refractivity contribution in [2.75, 3.05) is 34.0 Å². The molecule has 0 aromatic heterocycles. The van der Waals surface area contributed by atoms with E-state index in [0.717, 1.165) is 47.7 Å². The molecule has 0 spiro atoms. The van der Waals surface area contributed by atoms with E-state index >= 15 is 0 Å². The van der Waals surface area contributed by atoms with E-state index in [-0.39, 0.29) is 0 Å². The minimum Gasteiger partial charge on any atom is -0.493 e. The Labute approximate surface area is 123 Å². The lowest BCUT2D eigenvalue weighted by atomic mass is 10.2. The minimum absolute atomic E-state index is 0.620. The van der Waals surface area contributed by atoms with Gasteiger partial charge in [0.15, 0.2) is 11.5 Å². The van der Waals surface area contributed by atoms with Crippen molar-refractivity contribution in [3.8, 4) is 11.5 Å². The molecule has 108 valence electrons. The van der Waals surface area contributed by atoms with Crippen molar-refractivity contribution < 1.29 is 14.2 Å². The van der Waals surface area contributed by atoms with Crippen LogP contribution in [0.15, 0.2) is 16.6 Å². The number of nitrogens with one attached hydrogen (secondary N) is 1. The molecule has 0 fully saturated rings. The molecule has 1 aromatic rings. The first-order valence-electron chi connectivity index (χ1n) is 6.41. The molecule has 0 unspecified atom stereocenters. The van der Waals surface area contributed by atoms with Crippen molar-refractivity contribution in [3.63, 3.8) is 0 Å². The Morgan fingerprint density at radius 3 is 2.68 bits per heavy atom. The first-order valence-corrected chi connectivity index (χ1v) is 7.21. The molecule has 1 N–H and O–H groups in total. The summed E-state index contributed by atoms with van der Waals surface area (Å²) in [6.45, 7) is 5.02. The molecule has 0 atom stereocenters. The van der Waals surface area contributed by atoms with E-state index in [0.29, 0.717) is 6.61 Å². The van der Waals surface area contributed by atoms with E-state index in [4.69, 9.17) is 14.2 Å². The number of hydrogen-bond donors (Lipinski definition) is 1. The first-order chi connectivity index (χ1) is 9.22. The lowest BCUT2D eigenvalue weighted by molar-refractivity contribution is 0.194. The van der Waals surface area contributed by atoms with Crippen molar-refractivity contribution in [2.45, 2.75) is 19.9 Å². The molecule has 0 aliphatic rings. The second-order valence-corrected chi connectivity index (χ2v) is 4.97. The molecule has 5 heteroatoms. The molecule has 1 aromatic carbocycles. The fraction of sp³-hybridized carbons (Fsp3) is 0.571. The quantitative estimate of drug-likeness (QED) is 0.706. The standard InChI is InChI=1S/C14H22BrNO3/c1-4-19-14-11(10-16-6-5-7-17-2)8-12(15)9-13(14)18-3/h8-9,16H,4-7,10H2,1-3H3. The largest absolute Gasteiger partial charge is 0.493 e. The van der Waals surface area contributed by atoms with Gasteiger partial charge in [-0.05, 0) is 32.0 Å². The van der Waals surface area contributed by atoms with Gasteiger partial charge in [-0.25, -0.2) is 0 Å². The minimum atomic E-state index is 0.620. The third kappa shape index (κ3) is 5.38. The smallest absolute Gasteiger partial charge is 0.165 e. The summed E-state index contributed by atoms with van der Waals surface area (Å²) in [6, 6.07) is 3.97. The summed E-state index contributed by atoms with van der Waals surface area (Å²) in [7, 11) is 3.37. The van der Waals surface area contributed by atoms with Crippen LogP contribution in [-0.2, 0) is 11.3 Å². The highest BCUT2D eigenvalue weighted by Crippen LogP contribution is 2.34. The Morgan fingerprint density at radius 2 is 2.05 bits per heavy atom. The van der Waals surface area contributed by atoms with Gasteiger partial charge >= 0.3 is 0 Å². The van der Waals surface area contributed by atoms with Gasteiger partial charge in [-0.3, -0.25) is 0 Å². The van der Waals surface area contributed by atoms with Crippen molar-refractivity contribution in [1.82, 2.24) is 5.32 Å². The van der Waals surface area contributed by atoms with Crippen LogP contribution in [0.25, 0.3) is 0 Å². The summed E-state index contributed by atoms with van der Waals surface area (Å²) < 4.78 is 17.1. The van der Waals surface area contributed by atoms with Crippen molar-refractivity contribution in [2.24, 2.45) is 0 Å². The molecule has 0 bridgehead atoms. The van der Waals surface area contributed by atoms with Crippen LogP contribution in [0.2, 0.25) is 0 Å². The molecule has 0 aliphatic heterocycles. The number of benzene rings is 1. The molecule has 1 rings (SSSR count). The highest BCUT2D eigenvalue weighted by atomic mass is 79.9. The highest BCUT2D eigenvalue weighted by Gasteiger charge is 2.11. The van der Waals surface area contributed by atoms with Crippen LogP contribution in [0, 0.1) is 0 Å². The number of halogens is 1. The molecule has 0 radical (unpaired) electrons. The Morgan fingerprint density at radius 1 is 1.26 bits per heavy atom. The molecule has 0 heterocycles. The molecular formula is C14H22BrNO3. The van der Waals surface area contributed by atoms with Crippen LogP contribution in [0.4, 0.5) is 0 Å². The first kappa shape index (κ1) is 16.3. The number of rotatable bonds is 9. The monoisotopic (exact) mass is 331 g/mol. The highest BCUT2D eigenvalue weighted by molar-refractivity contribution is 9.10. The van der Waals surface area contributed by atoms with Crippen molar-refractivity contribution in [3.05, 3.63) is 22.2 Å². The Kier molecular flexibility index (Phi) is 7.86. The van der Waals surface area contributed by atoms with Gasteiger partial charge in [0.05, 0.1) is 13.7 Å². The van der Waals surface area contributed by atoms with Gasteiger partial charge in [0.2, 0.25) is 0 Å². The summed E-state index contributed by atoms with van der Waals surface area (Å²) in [6.07, 6.45) is 0.992. The third-order valence-corrected chi connectivity index (χ3v) is 3.08. The van der Waals surface area contributed by atoms with E-state index < -0.39 is 0 Å². The average molecular weight is 332 g/mol. The van der Waals surface area contributed by atoms with Crippen LogP contribution < -0.4 is 14.8 Å². The van der Waals surface area contributed by atoms with Gasteiger partial charge in [-0.2, -0.15) is 0 Å². The summed E-state index contributed by atoms with van der Waals surface area (Å²) in [4.78, 5) is 0. The summed E-state index contributed by atoms with van der Waals surface area (Å²) >= 11 is 3.49. The predicted molar refractivity (Wildman–Crippen MR) is 80.1 cm³/mol. The van der Waals surface area contributed by atoms with E-state index in [9.17, 15) is 0 Å². The lowest BCUT2D eigenvalue weighted by Gasteiger charge is -2.15. The van der Waals surface area contributed by atoms with Gasteiger partial charge < -0.3 is 19.5 Å². The Balaban J connectivity index is 2.71. The average Bonchev–Trinajstić information content (AvgIpc) is 2.41. The zero-order valence-electron chi connectivity index (χ0n) is 11.8. The van der Waals surface area contributed by atoms with Gasteiger partial charge in [0, 0.05) is 30.3 Å². The molecule has 0 aliphatic carbocycles. The molecule has 0 saturated heterocycles. The Bertz CT molecular complexity index is 385. The van der Waals surface area contributed by atoms with Gasteiger partial charge in [0.1, 0.15) is 0 Å². The SMILES string of the molecule is CCOc1c(CNCCCOC)cc(Br)cc1OC. The van der Waals surface area contributed by atoms with Crippen LogP contribution >= 0.6 is 15.9 Å². The predicted octanol–water partition coefficient (Wildman–Crippen LogP) is 2.98. The zero-order chi connectivity index (χ0) is 14.1.